The van der Waals surface area contributed by atoms with Crippen LogP contribution in [0.3, 0.4) is 0 Å². The van der Waals surface area contributed by atoms with E-state index in [1.165, 1.54) is 0 Å². The quantitative estimate of drug-likeness (QED) is 0.218. The van der Waals surface area contributed by atoms with Crippen molar-refractivity contribution in [3.8, 4) is 11.1 Å². The molecule has 2 aliphatic rings. The number of hydrogen-bond acceptors (Lipinski definition) is 6. The number of nitrogens with one attached hydrogen (secondary N) is 2. The average molecular weight is 621 g/mol. The van der Waals surface area contributed by atoms with Crippen molar-refractivity contribution in [3.05, 3.63) is 83.9 Å². The Morgan fingerprint density at radius 1 is 0.543 bits per heavy atom. The fourth-order valence-electron chi connectivity index (χ4n) is 8.51. The Hall–Kier alpha value is -3.74. The van der Waals surface area contributed by atoms with Crippen LogP contribution in [0.25, 0.3) is 32.7 Å². The molecule has 0 atom stereocenters. The number of ether oxygens (including phenoxy) is 2. The lowest BCUT2D eigenvalue weighted by Gasteiger charge is -2.45. The second-order valence-corrected chi connectivity index (χ2v) is 16.1. The van der Waals surface area contributed by atoms with E-state index in [2.05, 4.69) is 78.2 Å². The van der Waals surface area contributed by atoms with E-state index < -0.39 is 0 Å². The van der Waals surface area contributed by atoms with Gasteiger partial charge in [0.05, 0.1) is 11.1 Å². The summed E-state index contributed by atoms with van der Waals surface area (Å²) in [7, 11) is 0. The van der Waals surface area contributed by atoms with E-state index in [1.54, 1.807) is 0 Å². The van der Waals surface area contributed by atoms with Gasteiger partial charge in [0.15, 0.2) is 0 Å². The molecule has 6 heteroatoms. The fraction of sp³-hybridized carbons (Fsp3) is 0.450. The third-order valence-electron chi connectivity index (χ3n) is 9.41. The smallest absolute Gasteiger partial charge is 0.339 e. The molecule has 2 N–H and O–H groups in total. The monoisotopic (exact) mass is 620 g/mol. The van der Waals surface area contributed by atoms with Gasteiger partial charge in [-0.2, -0.15) is 0 Å². The summed E-state index contributed by atoms with van der Waals surface area (Å²) >= 11 is 0. The van der Waals surface area contributed by atoms with Gasteiger partial charge in [-0.1, -0.05) is 60.7 Å². The molecular formula is C40H48N2O4. The Kier molecular flexibility index (Phi) is 8.05. The molecule has 242 valence electrons. The molecule has 46 heavy (non-hydrogen) atoms. The lowest BCUT2D eigenvalue weighted by Crippen LogP contribution is -2.59. The van der Waals surface area contributed by atoms with Crippen LogP contribution in [0, 0.1) is 0 Å². The molecule has 0 aromatic heterocycles. The molecule has 4 aromatic rings. The van der Waals surface area contributed by atoms with Crippen molar-refractivity contribution in [2.24, 2.45) is 0 Å². The molecule has 0 unspecified atom stereocenters. The summed E-state index contributed by atoms with van der Waals surface area (Å²) in [6, 6.07) is 23.7. The summed E-state index contributed by atoms with van der Waals surface area (Å²) in [5.74, 6) is -0.620. The van der Waals surface area contributed by atoms with Crippen molar-refractivity contribution in [1.29, 1.82) is 0 Å². The van der Waals surface area contributed by atoms with Crippen LogP contribution in [0.5, 0.6) is 0 Å². The first-order chi connectivity index (χ1) is 21.5. The first-order valence-electron chi connectivity index (χ1n) is 16.6. The standard InChI is InChI=1S/C40H48N2O4/c1-37(2)21-26(22-38(3,4)41-37)45-35(43)32-19-12-15-28-29(16-11-17-30(28)32)31-18-9-13-25-14-10-20-33(34(25)31)36(44)46-27-23-39(5,6)42-40(7,8)24-27/h9-20,26-27,41-42H,21-24H2,1-8H3. The van der Waals surface area contributed by atoms with Crippen molar-refractivity contribution in [2.45, 2.75) is 115 Å². The third-order valence-corrected chi connectivity index (χ3v) is 9.41. The van der Waals surface area contributed by atoms with E-state index in [1.807, 2.05) is 60.7 Å². The molecule has 0 saturated carbocycles. The number of carbonyl (C=O) groups excluding carboxylic acids is 2. The Balaban J connectivity index is 1.37. The van der Waals surface area contributed by atoms with Crippen molar-refractivity contribution >= 4 is 33.5 Å². The van der Waals surface area contributed by atoms with E-state index in [0.29, 0.717) is 11.1 Å². The van der Waals surface area contributed by atoms with Gasteiger partial charge in [0.2, 0.25) is 0 Å². The van der Waals surface area contributed by atoms with Gasteiger partial charge >= 0.3 is 11.9 Å². The van der Waals surface area contributed by atoms with Crippen LogP contribution in [0.2, 0.25) is 0 Å². The maximum absolute atomic E-state index is 13.9. The van der Waals surface area contributed by atoms with E-state index in [9.17, 15) is 9.59 Å². The summed E-state index contributed by atoms with van der Waals surface area (Å²) in [6.07, 6.45) is 2.62. The molecule has 0 bridgehead atoms. The molecule has 0 radical (unpaired) electrons. The lowest BCUT2D eigenvalue weighted by molar-refractivity contribution is -0.00748. The van der Waals surface area contributed by atoms with Crippen molar-refractivity contribution in [2.75, 3.05) is 0 Å². The van der Waals surface area contributed by atoms with Crippen molar-refractivity contribution < 1.29 is 19.1 Å². The van der Waals surface area contributed by atoms with E-state index in [4.69, 9.17) is 9.47 Å². The average Bonchev–Trinajstić information content (AvgIpc) is 2.92. The minimum Gasteiger partial charge on any atom is -0.459 e. The minimum absolute atomic E-state index is 0.133. The number of benzene rings is 4. The fourth-order valence-corrected chi connectivity index (χ4v) is 8.51. The summed E-state index contributed by atoms with van der Waals surface area (Å²) in [5, 5.41) is 10.9. The summed E-state index contributed by atoms with van der Waals surface area (Å²) in [5.41, 5.74) is 2.42. The van der Waals surface area contributed by atoms with E-state index in [0.717, 1.165) is 58.4 Å². The molecule has 2 heterocycles. The zero-order chi connectivity index (χ0) is 33.1. The number of rotatable bonds is 5. The number of fused-ring (bicyclic) bond motifs is 2. The summed E-state index contributed by atoms with van der Waals surface area (Å²) < 4.78 is 12.4. The van der Waals surface area contributed by atoms with Crippen LogP contribution in [0.4, 0.5) is 0 Å². The topological polar surface area (TPSA) is 76.7 Å². The molecule has 2 saturated heterocycles. The SMILES string of the molecule is CC1(C)CC(OC(=O)c2cccc3c(-c4cccc5cccc(C(=O)OC6CC(C)(C)NC(C)(C)C6)c45)cccc23)CC(C)(C)N1. The highest BCUT2D eigenvalue weighted by molar-refractivity contribution is 6.15. The largest absolute Gasteiger partial charge is 0.459 e. The Labute approximate surface area is 273 Å². The van der Waals surface area contributed by atoms with Crippen LogP contribution in [-0.2, 0) is 9.47 Å². The zero-order valence-corrected chi connectivity index (χ0v) is 28.5. The Morgan fingerprint density at radius 2 is 0.957 bits per heavy atom. The van der Waals surface area contributed by atoms with E-state index in [-0.39, 0.29) is 46.3 Å². The number of hydrogen-bond donors (Lipinski definition) is 2. The molecular weight excluding hydrogens is 572 g/mol. The summed E-state index contributed by atoms with van der Waals surface area (Å²) in [6.45, 7) is 17.2. The molecule has 2 aliphatic heterocycles. The predicted octanol–water partition coefficient (Wildman–Crippen LogP) is 8.59. The van der Waals surface area contributed by atoms with Gasteiger partial charge in [0.1, 0.15) is 12.2 Å². The first kappa shape index (κ1) is 32.2. The molecule has 2 fully saturated rings. The van der Waals surface area contributed by atoms with Crippen LogP contribution < -0.4 is 10.6 Å². The molecule has 0 aliphatic carbocycles. The minimum atomic E-state index is -0.311. The van der Waals surface area contributed by atoms with Crippen molar-refractivity contribution in [1.82, 2.24) is 10.6 Å². The molecule has 6 rings (SSSR count). The van der Waals surface area contributed by atoms with Crippen LogP contribution >= 0.6 is 0 Å². The van der Waals surface area contributed by atoms with Crippen LogP contribution in [0.15, 0.2) is 72.8 Å². The summed E-state index contributed by atoms with van der Waals surface area (Å²) in [4.78, 5) is 27.6. The highest BCUT2D eigenvalue weighted by Crippen LogP contribution is 2.38. The Bertz CT molecular complexity index is 1780. The number of piperidine rings is 2. The molecule has 0 spiro atoms. The Morgan fingerprint density at radius 3 is 1.52 bits per heavy atom. The third kappa shape index (κ3) is 6.70. The van der Waals surface area contributed by atoms with Gasteiger partial charge in [-0.3, -0.25) is 0 Å². The first-order valence-corrected chi connectivity index (χ1v) is 16.6. The van der Waals surface area contributed by atoms with E-state index >= 15 is 0 Å². The van der Waals surface area contributed by atoms with Gasteiger partial charge in [0.25, 0.3) is 0 Å². The van der Waals surface area contributed by atoms with Gasteiger partial charge < -0.3 is 20.1 Å². The van der Waals surface area contributed by atoms with Gasteiger partial charge in [-0.25, -0.2) is 9.59 Å². The maximum atomic E-state index is 13.9. The van der Waals surface area contributed by atoms with Crippen LogP contribution in [0.1, 0.15) is 102 Å². The molecule has 0 amide bonds. The maximum Gasteiger partial charge on any atom is 0.339 e. The molecule has 4 aromatic carbocycles. The van der Waals surface area contributed by atoms with Gasteiger partial charge in [-0.05, 0) is 94.8 Å². The predicted molar refractivity (Wildman–Crippen MR) is 186 cm³/mol. The number of esters is 2. The van der Waals surface area contributed by atoms with Crippen LogP contribution in [-0.4, -0.2) is 46.3 Å². The van der Waals surface area contributed by atoms with Gasteiger partial charge in [-0.15, -0.1) is 0 Å². The normalized spacial score (nSPS) is 20.8. The number of carbonyl (C=O) groups is 2. The second-order valence-electron chi connectivity index (χ2n) is 16.1. The van der Waals surface area contributed by atoms with Crippen molar-refractivity contribution in [3.63, 3.8) is 0 Å². The molecule has 6 nitrogen and oxygen atoms in total. The second kappa shape index (κ2) is 11.5. The highest BCUT2D eigenvalue weighted by Gasteiger charge is 2.41. The zero-order valence-electron chi connectivity index (χ0n) is 28.5. The van der Waals surface area contributed by atoms with Gasteiger partial charge in [0, 0.05) is 53.2 Å². The highest BCUT2D eigenvalue weighted by atomic mass is 16.5. The lowest BCUT2D eigenvalue weighted by atomic mass is 9.81.